The summed E-state index contributed by atoms with van der Waals surface area (Å²) in [4.78, 5) is 0. The fourth-order valence-electron chi connectivity index (χ4n) is 3.32. The standard InChI is InChI=1S/C14H27NOS/c1-5-14(3,4)11-6-7-12-13(8-11)17(16)10(2)9-15-12/h10-13,15H,5-9H2,1-4H3. The van der Waals surface area contributed by atoms with Crippen LogP contribution in [-0.4, -0.2) is 27.3 Å². The summed E-state index contributed by atoms with van der Waals surface area (Å²) in [6.07, 6.45) is 4.91. The van der Waals surface area contributed by atoms with Crippen molar-refractivity contribution < 1.29 is 4.21 Å². The van der Waals surface area contributed by atoms with Gasteiger partial charge in [-0.05, 0) is 37.5 Å². The van der Waals surface area contributed by atoms with Crippen LogP contribution >= 0.6 is 0 Å². The molecule has 1 aliphatic carbocycles. The van der Waals surface area contributed by atoms with Crippen LogP contribution in [-0.2, 0) is 10.8 Å². The van der Waals surface area contributed by atoms with E-state index in [-0.39, 0.29) is 0 Å². The summed E-state index contributed by atoms with van der Waals surface area (Å²) < 4.78 is 12.4. The molecule has 0 aromatic heterocycles. The molecule has 0 aromatic rings. The Labute approximate surface area is 108 Å². The molecule has 0 amide bonds. The molecule has 5 atom stereocenters. The highest BCUT2D eigenvalue weighted by Gasteiger charge is 2.42. The van der Waals surface area contributed by atoms with Crippen LogP contribution in [0.3, 0.4) is 0 Å². The molecule has 100 valence electrons. The fourth-order valence-corrected chi connectivity index (χ4v) is 5.15. The molecule has 1 saturated heterocycles. The first kappa shape index (κ1) is 13.5. The van der Waals surface area contributed by atoms with Crippen molar-refractivity contribution >= 4 is 10.8 Å². The van der Waals surface area contributed by atoms with Crippen LogP contribution in [0.4, 0.5) is 0 Å². The molecule has 3 heteroatoms. The van der Waals surface area contributed by atoms with E-state index in [9.17, 15) is 4.21 Å². The van der Waals surface area contributed by atoms with Crippen molar-refractivity contribution in [3.8, 4) is 0 Å². The highest BCUT2D eigenvalue weighted by molar-refractivity contribution is 7.86. The van der Waals surface area contributed by atoms with Gasteiger partial charge in [0.25, 0.3) is 0 Å². The van der Waals surface area contributed by atoms with E-state index in [1.165, 1.54) is 19.3 Å². The van der Waals surface area contributed by atoms with Gasteiger partial charge in [0.15, 0.2) is 0 Å². The van der Waals surface area contributed by atoms with Crippen molar-refractivity contribution in [2.24, 2.45) is 11.3 Å². The van der Waals surface area contributed by atoms with Crippen LogP contribution in [0.2, 0.25) is 0 Å². The first-order valence-corrected chi connectivity index (χ1v) is 8.36. The third-order valence-corrected chi connectivity index (χ3v) is 7.25. The van der Waals surface area contributed by atoms with Gasteiger partial charge in [0.05, 0.1) is 5.25 Å². The molecule has 2 aliphatic rings. The Hall–Kier alpha value is 0.110. The Kier molecular flexibility index (Phi) is 3.99. The van der Waals surface area contributed by atoms with Gasteiger partial charge in [-0.3, -0.25) is 4.21 Å². The predicted molar refractivity (Wildman–Crippen MR) is 74.6 cm³/mol. The summed E-state index contributed by atoms with van der Waals surface area (Å²) >= 11 is 0. The van der Waals surface area contributed by atoms with Gasteiger partial charge in [0.1, 0.15) is 0 Å². The van der Waals surface area contributed by atoms with Crippen LogP contribution in [0.15, 0.2) is 0 Å². The van der Waals surface area contributed by atoms with Crippen molar-refractivity contribution in [1.29, 1.82) is 0 Å². The SMILES string of the molecule is CCC(C)(C)C1CCC2NCC(C)S(=O)C2C1. The molecule has 1 heterocycles. The van der Waals surface area contributed by atoms with Crippen molar-refractivity contribution in [3.05, 3.63) is 0 Å². The molecule has 1 aliphatic heterocycles. The average molecular weight is 257 g/mol. The third-order valence-electron chi connectivity index (χ3n) is 5.17. The second kappa shape index (κ2) is 5.00. The molecule has 0 radical (unpaired) electrons. The number of hydrogen-bond acceptors (Lipinski definition) is 2. The lowest BCUT2D eigenvalue weighted by Gasteiger charge is -2.46. The van der Waals surface area contributed by atoms with Gasteiger partial charge in [-0.1, -0.05) is 27.2 Å². The maximum absolute atomic E-state index is 12.4. The summed E-state index contributed by atoms with van der Waals surface area (Å²) in [5.74, 6) is 0.754. The monoisotopic (exact) mass is 257 g/mol. The van der Waals surface area contributed by atoms with Gasteiger partial charge in [0.2, 0.25) is 0 Å². The van der Waals surface area contributed by atoms with Crippen LogP contribution in [0, 0.1) is 11.3 Å². The zero-order valence-electron chi connectivity index (χ0n) is 11.7. The zero-order valence-corrected chi connectivity index (χ0v) is 12.5. The Balaban J connectivity index is 2.08. The van der Waals surface area contributed by atoms with Crippen LogP contribution in [0.5, 0.6) is 0 Å². The smallest absolute Gasteiger partial charge is 0.0507 e. The van der Waals surface area contributed by atoms with Gasteiger partial charge in [-0.25, -0.2) is 0 Å². The molecule has 2 nitrogen and oxygen atoms in total. The molecule has 5 unspecified atom stereocenters. The lowest BCUT2D eigenvalue weighted by atomic mass is 9.68. The molecule has 0 bridgehead atoms. The minimum Gasteiger partial charge on any atom is -0.312 e. The van der Waals surface area contributed by atoms with E-state index in [0.29, 0.717) is 22.0 Å². The van der Waals surface area contributed by atoms with Crippen LogP contribution < -0.4 is 5.32 Å². The van der Waals surface area contributed by atoms with Crippen LogP contribution in [0.1, 0.15) is 53.4 Å². The lowest BCUT2D eigenvalue weighted by Crippen LogP contribution is -2.56. The van der Waals surface area contributed by atoms with E-state index < -0.39 is 10.8 Å². The van der Waals surface area contributed by atoms with Crippen molar-refractivity contribution in [3.63, 3.8) is 0 Å². The first-order chi connectivity index (χ1) is 7.95. The summed E-state index contributed by atoms with van der Waals surface area (Å²) in [5, 5.41) is 4.34. The molecule has 2 rings (SSSR count). The van der Waals surface area contributed by atoms with Crippen molar-refractivity contribution in [2.75, 3.05) is 6.54 Å². The Morgan fingerprint density at radius 1 is 1.35 bits per heavy atom. The quantitative estimate of drug-likeness (QED) is 0.824. The van der Waals surface area contributed by atoms with E-state index in [4.69, 9.17) is 0 Å². The molecular formula is C14H27NOS. The zero-order chi connectivity index (χ0) is 12.6. The van der Waals surface area contributed by atoms with E-state index in [1.54, 1.807) is 0 Å². The average Bonchev–Trinajstić information content (AvgIpc) is 2.33. The summed E-state index contributed by atoms with van der Waals surface area (Å²) in [7, 11) is -0.621. The number of nitrogens with one attached hydrogen (secondary N) is 1. The molecule has 0 aromatic carbocycles. The fraction of sp³-hybridized carbons (Fsp3) is 1.00. The van der Waals surface area contributed by atoms with E-state index in [0.717, 1.165) is 18.9 Å². The summed E-state index contributed by atoms with van der Waals surface area (Å²) in [5.41, 5.74) is 0.413. The third kappa shape index (κ3) is 2.60. The number of fused-ring (bicyclic) bond motifs is 1. The maximum atomic E-state index is 12.4. The molecule has 1 N–H and O–H groups in total. The lowest BCUT2D eigenvalue weighted by molar-refractivity contribution is 0.138. The molecule has 17 heavy (non-hydrogen) atoms. The Morgan fingerprint density at radius 2 is 2.06 bits per heavy atom. The highest BCUT2D eigenvalue weighted by atomic mass is 32.2. The predicted octanol–water partition coefficient (Wildman–Crippen LogP) is 2.70. The second-order valence-corrected chi connectivity index (χ2v) is 8.61. The van der Waals surface area contributed by atoms with Crippen LogP contribution in [0.25, 0.3) is 0 Å². The van der Waals surface area contributed by atoms with Crippen molar-refractivity contribution in [2.45, 2.75) is 69.9 Å². The molecule has 0 spiro atoms. The molecular weight excluding hydrogens is 230 g/mol. The highest BCUT2D eigenvalue weighted by Crippen LogP contribution is 2.42. The normalized spacial score (nSPS) is 43.2. The second-order valence-electron chi connectivity index (χ2n) is 6.54. The van der Waals surface area contributed by atoms with Gasteiger partial charge < -0.3 is 5.32 Å². The summed E-state index contributed by atoms with van der Waals surface area (Å²) in [6, 6.07) is 0.524. The Bertz CT molecular complexity index is 303. The van der Waals surface area contributed by atoms with Gasteiger partial charge in [-0.2, -0.15) is 0 Å². The number of rotatable bonds is 2. The van der Waals surface area contributed by atoms with Gasteiger partial charge >= 0.3 is 0 Å². The minimum absolute atomic E-state index is 0.333. The number of hydrogen-bond donors (Lipinski definition) is 1. The molecule has 2 fully saturated rings. The van der Waals surface area contributed by atoms with Gasteiger partial charge in [-0.15, -0.1) is 0 Å². The van der Waals surface area contributed by atoms with E-state index >= 15 is 0 Å². The van der Waals surface area contributed by atoms with Crippen molar-refractivity contribution in [1.82, 2.24) is 5.32 Å². The maximum Gasteiger partial charge on any atom is 0.0507 e. The summed E-state index contributed by atoms with van der Waals surface area (Å²) in [6.45, 7) is 10.1. The van der Waals surface area contributed by atoms with Gasteiger partial charge in [0, 0.05) is 28.6 Å². The molecule has 1 saturated carbocycles. The Morgan fingerprint density at radius 3 is 2.71 bits per heavy atom. The topological polar surface area (TPSA) is 29.1 Å². The van der Waals surface area contributed by atoms with E-state index in [1.807, 2.05) is 0 Å². The largest absolute Gasteiger partial charge is 0.312 e. The van der Waals surface area contributed by atoms with E-state index in [2.05, 4.69) is 33.0 Å². The minimum atomic E-state index is -0.621. The first-order valence-electron chi connectivity index (χ1n) is 7.08.